The summed E-state index contributed by atoms with van der Waals surface area (Å²) in [5.41, 5.74) is 1.07. The van der Waals surface area contributed by atoms with E-state index in [2.05, 4.69) is 6.92 Å². The van der Waals surface area contributed by atoms with E-state index in [0.717, 1.165) is 31.6 Å². The van der Waals surface area contributed by atoms with Crippen LogP contribution in [0, 0.1) is 23.4 Å². The molecule has 0 bridgehead atoms. The fraction of sp³-hybridized carbons (Fsp3) is 0.455. The zero-order valence-electron chi connectivity index (χ0n) is 15.3. The Morgan fingerprint density at radius 1 is 0.962 bits per heavy atom. The lowest BCUT2D eigenvalue weighted by Gasteiger charge is -2.29. The zero-order valence-corrected chi connectivity index (χ0v) is 15.3. The van der Waals surface area contributed by atoms with Crippen LogP contribution in [0.2, 0.25) is 0 Å². The van der Waals surface area contributed by atoms with E-state index in [1.165, 1.54) is 38.2 Å². The fourth-order valence-electron chi connectivity index (χ4n) is 4.11. The summed E-state index contributed by atoms with van der Waals surface area (Å²) in [6.45, 7) is 2.20. The smallest absolute Gasteiger partial charge is 0.201 e. The van der Waals surface area contributed by atoms with Crippen LogP contribution >= 0.6 is 0 Å². The maximum absolute atomic E-state index is 14.7. The molecule has 0 saturated heterocycles. The number of hydrogen-bond donors (Lipinski definition) is 0. The average Bonchev–Trinajstić information content (AvgIpc) is 2.65. The topological polar surface area (TPSA) is 9.23 Å². The molecule has 1 aliphatic rings. The third-order valence-electron chi connectivity index (χ3n) is 5.56. The summed E-state index contributed by atoms with van der Waals surface area (Å²) in [6.07, 6.45) is 6.70. The van der Waals surface area contributed by atoms with Gasteiger partial charge in [-0.3, -0.25) is 0 Å². The van der Waals surface area contributed by atoms with Crippen LogP contribution in [0.4, 0.5) is 13.2 Å². The first-order valence-corrected chi connectivity index (χ1v) is 9.37. The van der Waals surface area contributed by atoms with Gasteiger partial charge in [0.2, 0.25) is 5.82 Å². The van der Waals surface area contributed by atoms with Crippen molar-refractivity contribution in [3.63, 3.8) is 0 Å². The summed E-state index contributed by atoms with van der Waals surface area (Å²) < 4.78 is 47.7. The Balaban J connectivity index is 1.82. The van der Waals surface area contributed by atoms with E-state index in [4.69, 9.17) is 4.74 Å². The molecule has 2 aromatic carbocycles. The first-order valence-electron chi connectivity index (χ1n) is 9.37. The molecule has 1 aliphatic carbocycles. The SMILES string of the molecule is CCCC1CCC(c2ccc(-c3ccc(OC)c(F)c3F)cc2F)CC1. The van der Waals surface area contributed by atoms with Gasteiger partial charge >= 0.3 is 0 Å². The Hall–Kier alpha value is -1.97. The second-order valence-corrected chi connectivity index (χ2v) is 7.19. The summed E-state index contributed by atoms with van der Waals surface area (Å²) in [7, 11) is 1.28. The molecule has 0 radical (unpaired) electrons. The molecule has 140 valence electrons. The molecule has 0 unspecified atom stereocenters. The molecule has 4 heteroatoms. The predicted molar refractivity (Wildman–Crippen MR) is 97.9 cm³/mol. The first kappa shape index (κ1) is 18.8. The van der Waals surface area contributed by atoms with Gasteiger partial charge in [-0.15, -0.1) is 0 Å². The third-order valence-corrected chi connectivity index (χ3v) is 5.56. The predicted octanol–water partition coefficient (Wildman–Crippen LogP) is 6.85. The Bertz CT molecular complexity index is 764. The van der Waals surface area contributed by atoms with Gasteiger partial charge in [0.05, 0.1) is 7.11 Å². The van der Waals surface area contributed by atoms with Crippen molar-refractivity contribution in [2.24, 2.45) is 5.92 Å². The van der Waals surface area contributed by atoms with Crippen LogP contribution in [0.15, 0.2) is 30.3 Å². The van der Waals surface area contributed by atoms with Crippen LogP contribution < -0.4 is 4.74 Å². The molecular formula is C22H25F3O. The highest BCUT2D eigenvalue weighted by Crippen LogP contribution is 2.39. The Labute approximate surface area is 153 Å². The minimum absolute atomic E-state index is 0.0420. The van der Waals surface area contributed by atoms with Crippen molar-refractivity contribution in [2.75, 3.05) is 7.11 Å². The summed E-state index contributed by atoms with van der Waals surface area (Å²) >= 11 is 0. The van der Waals surface area contributed by atoms with Gasteiger partial charge in [0.15, 0.2) is 11.6 Å². The van der Waals surface area contributed by atoms with Crippen LogP contribution in [0.3, 0.4) is 0 Å². The minimum atomic E-state index is -1.05. The third kappa shape index (κ3) is 3.74. The van der Waals surface area contributed by atoms with Crippen LogP contribution in [0.5, 0.6) is 5.75 Å². The lowest BCUT2D eigenvalue weighted by Crippen LogP contribution is -2.14. The lowest BCUT2D eigenvalue weighted by atomic mass is 9.77. The maximum atomic E-state index is 14.7. The molecule has 0 atom stereocenters. The van der Waals surface area contributed by atoms with Crippen molar-refractivity contribution >= 4 is 0 Å². The standard InChI is InChI=1S/C22H25F3O/c1-3-4-14-5-7-15(8-6-14)17-10-9-16(13-19(17)23)18-11-12-20(26-2)22(25)21(18)24/h9-15H,3-8H2,1-2H3. The normalized spacial score (nSPS) is 20.2. The molecule has 1 saturated carbocycles. The number of ether oxygens (including phenoxy) is 1. The molecular weight excluding hydrogens is 337 g/mol. The first-order chi connectivity index (χ1) is 12.5. The number of benzene rings is 2. The summed E-state index contributed by atoms with van der Waals surface area (Å²) in [5.74, 6) is -1.59. The summed E-state index contributed by atoms with van der Waals surface area (Å²) in [5, 5.41) is 0. The quantitative estimate of drug-likeness (QED) is 0.565. The Morgan fingerprint density at radius 2 is 1.69 bits per heavy atom. The van der Waals surface area contributed by atoms with Crippen LogP contribution in [0.25, 0.3) is 11.1 Å². The number of halogens is 3. The van der Waals surface area contributed by atoms with Gasteiger partial charge < -0.3 is 4.74 Å². The second kappa shape index (κ2) is 8.15. The fourth-order valence-corrected chi connectivity index (χ4v) is 4.11. The monoisotopic (exact) mass is 362 g/mol. The maximum Gasteiger partial charge on any atom is 0.201 e. The van der Waals surface area contributed by atoms with Gasteiger partial charge in [0.25, 0.3) is 0 Å². The molecule has 2 aromatic rings. The van der Waals surface area contributed by atoms with Crippen molar-refractivity contribution in [1.82, 2.24) is 0 Å². The van der Waals surface area contributed by atoms with Crippen molar-refractivity contribution in [2.45, 2.75) is 51.4 Å². The van der Waals surface area contributed by atoms with Crippen molar-refractivity contribution in [3.05, 3.63) is 53.3 Å². The molecule has 1 nitrogen and oxygen atoms in total. The molecule has 0 amide bonds. The van der Waals surface area contributed by atoms with Gasteiger partial charge in [-0.2, -0.15) is 4.39 Å². The molecule has 0 spiro atoms. The van der Waals surface area contributed by atoms with Crippen molar-refractivity contribution < 1.29 is 17.9 Å². The molecule has 26 heavy (non-hydrogen) atoms. The van der Waals surface area contributed by atoms with Gasteiger partial charge in [0.1, 0.15) is 5.82 Å². The Kier molecular flexibility index (Phi) is 5.90. The summed E-state index contributed by atoms with van der Waals surface area (Å²) in [6, 6.07) is 7.51. The highest BCUT2D eigenvalue weighted by Gasteiger charge is 2.24. The van der Waals surface area contributed by atoms with E-state index in [-0.39, 0.29) is 23.0 Å². The van der Waals surface area contributed by atoms with Gasteiger partial charge in [-0.05, 0) is 66.8 Å². The molecule has 1 fully saturated rings. The van der Waals surface area contributed by atoms with Crippen LogP contribution in [-0.2, 0) is 0 Å². The molecule has 0 aliphatic heterocycles. The minimum Gasteiger partial charge on any atom is -0.494 e. The van der Waals surface area contributed by atoms with E-state index in [1.807, 2.05) is 0 Å². The molecule has 0 heterocycles. The van der Waals surface area contributed by atoms with Crippen LogP contribution in [0.1, 0.15) is 56.9 Å². The van der Waals surface area contributed by atoms with Gasteiger partial charge in [0, 0.05) is 5.56 Å². The number of rotatable bonds is 5. The zero-order chi connectivity index (χ0) is 18.7. The van der Waals surface area contributed by atoms with E-state index in [9.17, 15) is 13.2 Å². The van der Waals surface area contributed by atoms with E-state index < -0.39 is 11.6 Å². The highest BCUT2D eigenvalue weighted by atomic mass is 19.2. The van der Waals surface area contributed by atoms with Crippen molar-refractivity contribution in [3.8, 4) is 16.9 Å². The van der Waals surface area contributed by atoms with Gasteiger partial charge in [-0.1, -0.05) is 31.9 Å². The molecule has 0 N–H and O–H groups in total. The second-order valence-electron chi connectivity index (χ2n) is 7.19. The molecule has 0 aromatic heterocycles. The van der Waals surface area contributed by atoms with E-state index >= 15 is 0 Å². The van der Waals surface area contributed by atoms with Crippen molar-refractivity contribution in [1.29, 1.82) is 0 Å². The van der Waals surface area contributed by atoms with E-state index in [0.29, 0.717) is 11.1 Å². The van der Waals surface area contributed by atoms with Crippen LogP contribution in [-0.4, -0.2) is 7.11 Å². The van der Waals surface area contributed by atoms with Gasteiger partial charge in [-0.25, -0.2) is 8.78 Å². The largest absolute Gasteiger partial charge is 0.494 e. The number of methoxy groups -OCH3 is 1. The van der Waals surface area contributed by atoms with E-state index in [1.54, 1.807) is 12.1 Å². The summed E-state index contributed by atoms with van der Waals surface area (Å²) in [4.78, 5) is 0. The molecule has 3 rings (SSSR count). The number of hydrogen-bond acceptors (Lipinski definition) is 1. The Morgan fingerprint density at radius 3 is 2.31 bits per heavy atom. The lowest BCUT2D eigenvalue weighted by molar-refractivity contribution is 0.304. The average molecular weight is 362 g/mol. The highest BCUT2D eigenvalue weighted by molar-refractivity contribution is 5.66.